The fourth-order valence-electron chi connectivity index (χ4n) is 2.10. The summed E-state index contributed by atoms with van der Waals surface area (Å²) in [5.41, 5.74) is 1.62. The lowest BCUT2D eigenvalue weighted by molar-refractivity contribution is -0.165. The molecule has 0 spiro atoms. The van der Waals surface area contributed by atoms with Crippen LogP contribution >= 0.6 is 11.6 Å². The maximum absolute atomic E-state index is 12.1. The van der Waals surface area contributed by atoms with Gasteiger partial charge in [-0.05, 0) is 36.8 Å². The zero-order valence-corrected chi connectivity index (χ0v) is 10.7. The molecule has 19 heavy (non-hydrogen) atoms. The third kappa shape index (κ3) is 2.92. The van der Waals surface area contributed by atoms with Crippen molar-refractivity contribution in [2.75, 3.05) is 5.32 Å². The summed E-state index contributed by atoms with van der Waals surface area (Å²) >= 11 is 5.87. The van der Waals surface area contributed by atoms with E-state index in [0.29, 0.717) is 11.1 Å². The summed E-state index contributed by atoms with van der Waals surface area (Å²) < 4.78 is 36.4. The van der Waals surface area contributed by atoms with Crippen LogP contribution in [0.4, 0.5) is 18.9 Å². The molecule has 1 aromatic carbocycles. The fraction of sp³-hybridized carbons (Fsp3) is 0.308. The Morgan fingerprint density at radius 2 is 2.11 bits per heavy atom. The molecule has 6 heteroatoms. The minimum atomic E-state index is -4.83. The van der Waals surface area contributed by atoms with E-state index in [1.54, 1.807) is 18.2 Å². The summed E-state index contributed by atoms with van der Waals surface area (Å²) in [4.78, 5) is 10.8. The van der Waals surface area contributed by atoms with Crippen LogP contribution in [0.1, 0.15) is 18.4 Å². The largest absolute Gasteiger partial charge is 0.454 e. The van der Waals surface area contributed by atoms with E-state index in [0.717, 1.165) is 11.3 Å². The summed E-state index contributed by atoms with van der Waals surface area (Å²) in [7, 11) is 0. The van der Waals surface area contributed by atoms with Gasteiger partial charge < -0.3 is 5.32 Å². The summed E-state index contributed by atoms with van der Waals surface area (Å²) in [6.07, 6.45) is -2.97. The first-order chi connectivity index (χ1) is 8.79. The Hall–Kier alpha value is -1.49. The van der Waals surface area contributed by atoms with E-state index < -0.39 is 12.0 Å². The predicted molar refractivity (Wildman–Crippen MR) is 67.5 cm³/mol. The molecule has 0 saturated heterocycles. The van der Waals surface area contributed by atoms with Crippen LogP contribution in [-0.2, 0) is 4.79 Å². The minimum absolute atomic E-state index is 0.0919. The number of halogens is 4. The molecule has 0 aromatic heterocycles. The van der Waals surface area contributed by atoms with E-state index in [4.69, 9.17) is 11.6 Å². The second-order valence-electron chi connectivity index (χ2n) is 4.41. The molecule has 0 fully saturated rings. The number of fused-ring (bicyclic) bond motifs is 1. The topological polar surface area (TPSA) is 29.1 Å². The maximum atomic E-state index is 12.1. The number of ketones is 1. The number of nitrogens with one attached hydrogen (secondary N) is 1. The molecule has 0 bridgehead atoms. The van der Waals surface area contributed by atoms with Crippen molar-refractivity contribution in [2.24, 2.45) is 0 Å². The molecule has 0 radical (unpaired) electrons. The van der Waals surface area contributed by atoms with E-state index in [1.807, 2.05) is 6.92 Å². The average Bonchev–Trinajstić information content (AvgIpc) is 2.60. The first-order valence-corrected chi connectivity index (χ1v) is 6.02. The Morgan fingerprint density at radius 3 is 2.74 bits per heavy atom. The molecule has 1 aliphatic heterocycles. The first kappa shape index (κ1) is 13.9. The lowest BCUT2D eigenvalue weighted by Gasteiger charge is -2.11. The molecule has 0 saturated carbocycles. The highest BCUT2D eigenvalue weighted by Gasteiger charge is 2.36. The SMILES string of the molecule is CC1Nc2ccc(Cl)cc2C1C=CC(=O)C(F)(F)F. The van der Waals surface area contributed by atoms with Gasteiger partial charge in [0.25, 0.3) is 5.78 Å². The van der Waals surface area contributed by atoms with Crippen molar-refractivity contribution in [3.8, 4) is 0 Å². The van der Waals surface area contributed by atoms with Crippen LogP contribution in [0, 0.1) is 0 Å². The molecule has 2 unspecified atom stereocenters. The highest BCUT2D eigenvalue weighted by Crippen LogP contribution is 2.38. The molecule has 102 valence electrons. The number of anilines is 1. The number of hydrogen-bond donors (Lipinski definition) is 1. The van der Waals surface area contributed by atoms with Crippen molar-refractivity contribution in [1.29, 1.82) is 0 Å². The summed E-state index contributed by atoms with van der Waals surface area (Å²) in [5, 5.41) is 3.64. The van der Waals surface area contributed by atoms with Crippen LogP contribution in [0.3, 0.4) is 0 Å². The van der Waals surface area contributed by atoms with Crippen molar-refractivity contribution < 1.29 is 18.0 Å². The normalized spacial score (nSPS) is 22.4. The standard InChI is InChI=1S/C13H11ClF3NO/c1-7-9(3-5-12(19)13(15,16)17)10-6-8(14)2-4-11(10)18-7/h2-7,9,18H,1H3. The van der Waals surface area contributed by atoms with Gasteiger partial charge in [-0.25, -0.2) is 0 Å². The van der Waals surface area contributed by atoms with E-state index in [9.17, 15) is 18.0 Å². The van der Waals surface area contributed by atoms with Gasteiger partial charge in [-0.1, -0.05) is 17.7 Å². The highest BCUT2D eigenvalue weighted by atomic mass is 35.5. The van der Waals surface area contributed by atoms with E-state index in [1.165, 1.54) is 6.08 Å². The van der Waals surface area contributed by atoms with Gasteiger partial charge in [0.1, 0.15) is 0 Å². The summed E-state index contributed by atoms with van der Waals surface area (Å²) in [6, 6.07) is 5.08. The van der Waals surface area contributed by atoms with Gasteiger partial charge in [-0.3, -0.25) is 4.79 Å². The first-order valence-electron chi connectivity index (χ1n) is 5.64. The quantitative estimate of drug-likeness (QED) is 0.836. The number of allylic oxidation sites excluding steroid dienone is 1. The van der Waals surface area contributed by atoms with Crippen LogP contribution in [0.2, 0.25) is 5.02 Å². The fourth-order valence-corrected chi connectivity index (χ4v) is 2.28. The summed E-state index contributed by atoms with van der Waals surface area (Å²) in [6.45, 7) is 1.83. The van der Waals surface area contributed by atoms with Gasteiger partial charge in [-0.2, -0.15) is 13.2 Å². The Kier molecular flexibility index (Phi) is 3.58. The Morgan fingerprint density at radius 1 is 1.42 bits per heavy atom. The van der Waals surface area contributed by atoms with Crippen LogP contribution in [0.5, 0.6) is 0 Å². The van der Waals surface area contributed by atoms with Gasteiger partial charge in [0.2, 0.25) is 0 Å². The third-order valence-corrected chi connectivity index (χ3v) is 3.26. The zero-order chi connectivity index (χ0) is 14.2. The Balaban J connectivity index is 2.25. The van der Waals surface area contributed by atoms with Crippen LogP contribution in [0.15, 0.2) is 30.4 Å². The second-order valence-corrected chi connectivity index (χ2v) is 4.85. The molecule has 2 atom stereocenters. The Bertz CT molecular complexity index is 539. The van der Waals surface area contributed by atoms with Crippen molar-refractivity contribution >= 4 is 23.1 Å². The molecule has 1 aliphatic rings. The van der Waals surface area contributed by atoms with Crippen LogP contribution in [-0.4, -0.2) is 18.0 Å². The van der Waals surface area contributed by atoms with Crippen molar-refractivity contribution in [1.82, 2.24) is 0 Å². The van der Waals surface area contributed by atoms with Gasteiger partial charge in [0.05, 0.1) is 0 Å². The van der Waals surface area contributed by atoms with E-state index >= 15 is 0 Å². The monoisotopic (exact) mass is 289 g/mol. The minimum Gasteiger partial charge on any atom is -0.381 e. The zero-order valence-electron chi connectivity index (χ0n) is 9.96. The Labute approximate surface area is 113 Å². The third-order valence-electron chi connectivity index (χ3n) is 3.03. The average molecular weight is 290 g/mol. The van der Waals surface area contributed by atoms with E-state index in [-0.39, 0.29) is 12.0 Å². The second kappa shape index (κ2) is 4.89. The lowest BCUT2D eigenvalue weighted by Crippen LogP contribution is -2.21. The number of benzene rings is 1. The molecular formula is C13H11ClF3NO. The van der Waals surface area contributed by atoms with Crippen LogP contribution in [0.25, 0.3) is 0 Å². The van der Waals surface area contributed by atoms with Crippen molar-refractivity contribution in [2.45, 2.75) is 25.1 Å². The highest BCUT2D eigenvalue weighted by molar-refractivity contribution is 6.30. The smallest absolute Gasteiger partial charge is 0.381 e. The number of hydrogen-bond acceptors (Lipinski definition) is 2. The molecule has 2 rings (SSSR count). The van der Waals surface area contributed by atoms with E-state index in [2.05, 4.69) is 5.32 Å². The van der Waals surface area contributed by atoms with Gasteiger partial charge >= 0.3 is 6.18 Å². The molecule has 1 aromatic rings. The number of carbonyl (C=O) groups is 1. The maximum Gasteiger partial charge on any atom is 0.454 e. The summed E-state index contributed by atoms with van der Waals surface area (Å²) in [5.74, 6) is -2.16. The van der Waals surface area contributed by atoms with Crippen molar-refractivity contribution in [3.63, 3.8) is 0 Å². The number of alkyl halides is 3. The number of carbonyl (C=O) groups excluding carboxylic acids is 1. The van der Waals surface area contributed by atoms with Crippen LogP contribution < -0.4 is 5.32 Å². The molecule has 1 heterocycles. The molecule has 0 amide bonds. The lowest BCUT2D eigenvalue weighted by atomic mass is 9.95. The van der Waals surface area contributed by atoms with Crippen molar-refractivity contribution in [3.05, 3.63) is 40.9 Å². The molecule has 1 N–H and O–H groups in total. The van der Waals surface area contributed by atoms with Gasteiger partial charge in [0.15, 0.2) is 0 Å². The van der Waals surface area contributed by atoms with Gasteiger partial charge in [0, 0.05) is 22.7 Å². The molecule has 0 aliphatic carbocycles. The number of rotatable bonds is 2. The molecule has 2 nitrogen and oxygen atoms in total. The predicted octanol–water partition coefficient (Wildman–Crippen LogP) is 3.93. The van der Waals surface area contributed by atoms with Gasteiger partial charge in [-0.15, -0.1) is 0 Å². The molecular weight excluding hydrogens is 279 g/mol.